The summed E-state index contributed by atoms with van der Waals surface area (Å²) >= 11 is 0. The fourth-order valence-corrected chi connectivity index (χ4v) is 2.82. The Kier molecular flexibility index (Phi) is 10.4. The first-order valence-corrected chi connectivity index (χ1v) is 11.1. The summed E-state index contributed by atoms with van der Waals surface area (Å²) in [6.07, 6.45) is 5.92. The standard InChI is InChI=1S/C25H34N2O4/c1-4-5-6-7-8-17-30-22-13-9-20(10-14-22)24(28)26-27-25(29)21-11-15-23(16-12-21)31-18-19(2)3/h9-16,19H,4-8,17-18H2,1-3H3,(H,26,28)(H,27,29). The van der Waals surface area contributed by atoms with E-state index in [9.17, 15) is 9.59 Å². The van der Waals surface area contributed by atoms with Crippen molar-refractivity contribution in [2.45, 2.75) is 52.9 Å². The molecule has 0 aromatic heterocycles. The minimum atomic E-state index is -0.396. The second-order valence-corrected chi connectivity index (χ2v) is 7.92. The smallest absolute Gasteiger partial charge is 0.269 e. The highest BCUT2D eigenvalue weighted by molar-refractivity contribution is 5.99. The number of carbonyl (C=O) groups is 2. The van der Waals surface area contributed by atoms with Crippen LogP contribution in [0, 0.1) is 5.92 Å². The molecule has 168 valence electrons. The average Bonchev–Trinajstić information content (AvgIpc) is 2.79. The molecular formula is C25H34N2O4. The molecule has 0 unspecified atom stereocenters. The normalized spacial score (nSPS) is 10.6. The SMILES string of the molecule is CCCCCCCOc1ccc(C(=O)NNC(=O)c2ccc(OCC(C)C)cc2)cc1. The van der Waals surface area contributed by atoms with Crippen LogP contribution >= 0.6 is 0 Å². The Balaban J connectivity index is 1.74. The first kappa shape index (κ1) is 24.3. The van der Waals surface area contributed by atoms with E-state index in [1.165, 1.54) is 25.7 Å². The van der Waals surface area contributed by atoms with Gasteiger partial charge in [-0.05, 0) is 60.9 Å². The van der Waals surface area contributed by atoms with Crippen LogP contribution in [0.2, 0.25) is 0 Å². The van der Waals surface area contributed by atoms with E-state index >= 15 is 0 Å². The van der Waals surface area contributed by atoms with Crippen LogP contribution in [0.25, 0.3) is 0 Å². The molecule has 2 N–H and O–H groups in total. The Morgan fingerprint density at radius 3 is 1.71 bits per heavy atom. The summed E-state index contributed by atoms with van der Waals surface area (Å²) < 4.78 is 11.3. The second-order valence-electron chi connectivity index (χ2n) is 7.92. The van der Waals surface area contributed by atoms with Gasteiger partial charge >= 0.3 is 0 Å². The molecule has 0 aliphatic carbocycles. The number of hydrogen-bond donors (Lipinski definition) is 2. The van der Waals surface area contributed by atoms with E-state index in [0.717, 1.165) is 12.2 Å². The number of rotatable bonds is 12. The van der Waals surface area contributed by atoms with Crippen molar-refractivity contribution in [1.82, 2.24) is 10.9 Å². The van der Waals surface area contributed by atoms with Gasteiger partial charge in [0.05, 0.1) is 13.2 Å². The monoisotopic (exact) mass is 426 g/mol. The molecule has 2 aromatic rings. The molecule has 2 amide bonds. The number of amides is 2. The van der Waals surface area contributed by atoms with Gasteiger partial charge in [-0.25, -0.2) is 0 Å². The Morgan fingerprint density at radius 2 is 1.23 bits per heavy atom. The number of carbonyl (C=O) groups excluding carboxylic acids is 2. The summed E-state index contributed by atoms with van der Waals surface area (Å²) in [6, 6.07) is 13.7. The molecule has 2 rings (SSSR count). The highest BCUT2D eigenvalue weighted by atomic mass is 16.5. The van der Waals surface area contributed by atoms with Crippen molar-refractivity contribution in [3.8, 4) is 11.5 Å². The zero-order valence-corrected chi connectivity index (χ0v) is 18.8. The van der Waals surface area contributed by atoms with Gasteiger partial charge in [0.15, 0.2) is 0 Å². The lowest BCUT2D eigenvalue weighted by Gasteiger charge is -2.10. The lowest BCUT2D eigenvalue weighted by atomic mass is 10.2. The van der Waals surface area contributed by atoms with Crippen LogP contribution in [0.5, 0.6) is 11.5 Å². The van der Waals surface area contributed by atoms with Crippen molar-refractivity contribution in [3.63, 3.8) is 0 Å². The van der Waals surface area contributed by atoms with Crippen LogP contribution in [0.3, 0.4) is 0 Å². The summed E-state index contributed by atoms with van der Waals surface area (Å²) in [5.74, 6) is 1.07. The van der Waals surface area contributed by atoms with E-state index in [4.69, 9.17) is 9.47 Å². The fraction of sp³-hybridized carbons (Fsp3) is 0.440. The minimum Gasteiger partial charge on any atom is -0.494 e. The molecule has 0 fully saturated rings. The van der Waals surface area contributed by atoms with Gasteiger partial charge in [0, 0.05) is 11.1 Å². The summed E-state index contributed by atoms with van der Waals surface area (Å²) in [6.45, 7) is 7.62. The first-order chi connectivity index (χ1) is 15.0. The average molecular weight is 427 g/mol. The summed E-state index contributed by atoms with van der Waals surface area (Å²) in [5, 5.41) is 0. The Labute approximate surface area is 185 Å². The third-order valence-electron chi connectivity index (χ3n) is 4.62. The van der Waals surface area contributed by atoms with E-state index in [1.54, 1.807) is 48.5 Å². The van der Waals surface area contributed by atoms with Gasteiger partial charge in [0.2, 0.25) is 0 Å². The summed E-state index contributed by atoms with van der Waals surface area (Å²) in [7, 11) is 0. The van der Waals surface area contributed by atoms with Gasteiger partial charge in [-0.2, -0.15) is 0 Å². The molecule has 0 aliphatic heterocycles. The van der Waals surface area contributed by atoms with E-state index in [0.29, 0.717) is 36.0 Å². The molecule has 0 aliphatic rings. The van der Waals surface area contributed by atoms with Crippen molar-refractivity contribution in [2.75, 3.05) is 13.2 Å². The Bertz CT molecular complexity index is 801. The predicted molar refractivity (Wildman–Crippen MR) is 122 cm³/mol. The fourth-order valence-electron chi connectivity index (χ4n) is 2.82. The van der Waals surface area contributed by atoms with E-state index in [2.05, 4.69) is 31.6 Å². The van der Waals surface area contributed by atoms with Crippen LogP contribution in [0.4, 0.5) is 0 Å². The molecule has 6 nitrogen and oxygen atoms in total. The van der Waals surface area contributed by atoms with E-state index in [1.807, 2.05) is 0 Å². The topological polar surface area (TPSA) is 76.7 Å². The molecule has 0 saturated carbocycles. The maximum absolute atomic E-state index is 12.3. The minimum absolute atomic E-state index is 0.392. The quantitative estimate of drug-likeness (QED) is 0.364. The molecular weight excluding hydrogens is 392 g/mol. The van der Waals surface area contributed by atoms with E-state index < -0.39 is 11.8 Å². The third-order valence-corrected chi connectivity index (χ3v) is 4.62. The van der Waals surface area contributed by atoms with Crippen molar-refractivity contribution < 1.29 is 19.1 Å². The zero-order chi connectivity index (χ0) is 22.5. The molecule has 0 spiro atoms. The lowest BCUT2D eigenvalue weighted by molar-refractivity contribution is 0.0846. The molecule has 0 radical (unpaired) electrons. The van der Waals surface area contributed by atoms with Gasteiger partial charge in [-0.15, -0.1) is 0 Å². The van der Waals surface area contributed by atoms with Gasteiger partial charge in [0.25, 0.3) is 11.8 Å². The number of hydrazine groups is 1. The van der Waals surface area contributed by atoms with Crippen molar-refractivity contribution in [3.05, 3.63) is 59.7 Å². The Hall–Kier alpha value is -3.02. The number of nitrogens with one attached hydrogen (secondary N) is 2. The van der Waals surface area contributed by atoms with Gasteiger partial charge in [-0.3, -0.25) is 20.4 Å². The second kappa shape index (κ2) is 13.3. The molecule has 0 saturated heterocycles. The number of ether oxygens (including phenoxy) is 2. The molecule has 0 bridgehead atoms. The van der Waals surface area contributed by atoms with Gasteiger partial charge < -0.3 is 9.47 Å². The highest BCUT2D eigenvalue weighted by Crippen LogP contribution is 2.14. The largest absolute Gasteiger partial charge is 0.494 e. The van der Waals surface area contributed by atoms with Crippen LogP contribution in [-0.2, 0) is 0 Å². The van der Waals surface area contributed by atoms with Crippen molar-refractivity contribution in [2.24, 2.45) is 5.92 Å². The van der Waals surface area contributed by atoms with Crippen molar-refractivity contribution in [1.29, 1.82) is 0 Å². The molecule has 0 atom stereocenters. The van der Waals surface area contributed by atoms with E-state index in [-0.39, 0.29) is 0 Å². The highest BCUT2D eigenvalue weighted by Gasteiger charge is 2.10. The number of benzene rings is 2. The summed E-state index contributed by atoms with van der Waals surface area (Å²) in [4.78, 5) is 24.5. The van der Waals surface area contributed by atoms with Crippen LogP contribution in [-0.4, -0.2) is 25.0 Å². The first-order valence-electron chi connectivity index (χ1n) is 11.1. The predicted octanol–water partition coefficient (Wildman–Crippen LogP) is 5.15. The lowest BCUT2D eigenvalue weighted by Crippen LogP contribution is -2.41. The van der Waals surface area contributed by atoms with Gasteiger partial charge in [-0.1, -0.05) is 46.5 Å². The number of unbranched alkanes of at least 4 members (excludes halogenated alkanes) is 4. The van der Waals surface area contributed by atoms with Crippen molar-refractivity contribution >= 4 is 11.8 Å². The molecule has 2 aromatic carbocycles. The van der Waals surface area contributed by atoms with Gasteiger partial charge in [0.1, 0.15) is 11.5 Å². The van der Waals surface area contributed by atoms with Crippen LogP contribution in [0.15, 0.2) is 48.5 Å². The number of hydrogen-bond acceptors (Lipinski definition) is 4. The molecule has 6 heteroatoms. The maximum atomic E-state index is 12.3. The Morgan fingerprint density at radius 1 is 0.742 bits per heavy atom. The molecule has 31 heavy (non-hydrogen) atoms. The third kappa shape index (κ3) is 9.11. The van der Waals surface area contributed by atoms with Crippen LogP contribution < -0.4 is 20.3 Å². The van der Waals surface area contributed by atoms with Crippen LogP contribution in [0.1, 0.15) is 73.6 Å². The zero-order valence-electron chi connectivity index (χ0n) is 18.8. The summed E-state index contributed by atoms with van der Waals surface area (Å²) in [5.41, 5.74) is 5.73. The maximum Gasteiger partial charge on any atom is 0.269 e. The molecule has 0 heterocycles.